The number of nitrogens with zero attached hydrogens (tertiary/aromatic N) is 6. The van der Waals surface area contributed by atoms with E-state index in [0.29, 0.717) is 41.1 Å². The van der Waals surface area contributed by atoms with E-state index >= 15 is 8.78 Å². The summed E-state index contributed by atoms with van der Waals surface area (Å²) < 4.78 is 57.6. The van der Waals surface area contributed by atoms with Crippen LogP contribution in [0.2, 0.25) is 0 Å². The van der Waals surface area contributed by atoms with Crippen molar-refractivity contribution in [1.29, 1.82) is 0 Å². The summed E-state index contributed by atoms with van der Waals surface area (Å²) in [5.74, 6) is -4.79. The zero-order valence-corrected chi connectivity index (χ0v) is 34.3. The first-order valence-electron chi connectivity index (χ1n) is 21.2. The molecule has 0 spiro atoms. The van der Waals surface area contributed by atoms with E-state index in [2.05, 4.69) is 10.6 Å². The number of hydrogen-bond donors (Lipinski definition) is 2. The molecule has 17 heteroatoms. The molecule has 2 N–H and O–H groups in total. The monoisotopic (exact) mass is 842 g/mol. The minimum Gasteiger partial charge on any atom is -0.490 e. The number of hydrogen-bond acceptors (Lipinski definition) is 8. The lowest BCUT2D eigenvalue weighted by Gasteiger charge is -2.41. The fourth-order valence-corrected chi connectivity index (χ4v) is 9.66. The van der Waals surface area contributed by atoms with E-state index in [-0.39, 0.29) is 67.3 Å². The summed E-state index contributed by atoms with van der Waals surface area (Å²) in [5.41, 5.74) is 2.20. The number of aromatic nitrogens is 5. The predicted octanol–water partition coefficient (Wildman–Crippen LogP) is 5.85. The van der Waals surface area contributed by atoms with Crippen molar-refractivity contribution in [3.05, 3.63) is 92.6 Å². The number of carbonyl (C=O) groups is 3. The number of likely N-dealkylation sites (tertiary alicyclic amines) is 1. The van der Waals surface area contributed by atoms with Gasteiger partial charge in [0.2, 0.25) is 11.8 Å². The summed E-state index contributed by atoms with van der Waals surface area (Å²) in [7, 11) is 1.56. The van der Waals surface area contributed by atoms with Crippen LogP contribution in [0, 0.1) is 5.92 Å². The quantitative estimate of drug-likeness (QED) is 0.166. The van der Waals surface area contributed by atoms with E-state index in [1.165, 1.54) is 26.0 Å². The summed E-state index contributed by atoms with van der Waals surface area (Å²) in [4.78, 5) is 71.0. The van der Waals surface area contributed by atoms with Gasteiger partial charge in [-0.05, 0) is 94.7 Å². The van der Waals surface area contributed by atoms with Crippen molar-refractivity contribution in [3.63, 3.8) is 0 Å². The fraction of sp³-hybridized carbons (Fsp3) is 0.500. The molecule has 4 fully saturated rings. The number of pyridine rings is 2. The SMILES string of the molecule is CC(C)Oc1cc2nc(C3CCC(CN4CCC(c5ccc6c(c5)n(C)c(=O)n6C5CCC(=O)NC5=O)C(F)(F)C4)CC3)cn2cc1C(=O)Nc1cccn([C@H]2C[C@H]2F)c1=O. The number of carbonyl (C=O) groups excluding carboxylic acids is 3. The Bertz CT molecular complexity index is 2680. The smallest absolute Gasteiger partial charge is 0.329 e. The molecule has 6 heterocycles. The van der Waals surface area contributed by atoms with Crippen LogP contribution in [-0.4, -0.2) is 83.5 Å². The number of rotatable bonds is 10. The number of imidazole rings is 2. The lowest BCUT2D eigenvalue weighted by molar-refractivity contribution is -0.135. The van der Waals surface area contributed by atoms with Gasteiger partial charge >= 0.3 is 5.69 Å². The van der Waals surface area contributed by atoms with Gasteiger partial charge in [0.1, 0.15) is 29.3 Å². The molecule has 4 atom stereocenters. The molecule has 0 radical (unpaired) electrons. The Balaban J connectivity index is 0.839. The highest BCUT2D eigenvalue weighted by Gasteiger charge is 2.46. The molecule has 4 aliphatic rings. The molecule has 2 unspecified atom stereocenters. The van der Waals surface area contributed by atoms with Crippen LogP contribution in [0.4, 0.5) is 18.9 Å². The van der Waals surface area contributed by atoms with Gasteiger partial charge in [-0.25, -0.2) is 22.9 Å². The second kappa shape index (κ2) is 15.6. The summed E-state index contributed by atoms with van der Waals surface area (Å²) >= 11 is 0. The molecule has 2 aliphatic carbocycles. The molecule has 4 aromatic heterocycles. The van der Waals surface area contributed by atoms with Crippen LogP contribution in [-0.2, 0) is 16.6 Å². The van der Waals surface area contributed by atoms with E-state index in [4.69, 9.17) is 9.72 Å². The minimum atomic E-state index is -3.01. The maximum absolute atomic E-state index is 16.0. The summed E-state index contributed by atoms with van der Waals surface area (Å²) in [6.07, 6.45) is 7.95. The second-order valence-corrected chi connectivity index (χ2v) is 17.5. The van der Waals surface area contributed by atoms with Crippen LogP contribution in [0.15, 0.2) is 64.6 Å². The lowest BCUT2D eigenvalue weighted by atomic mass is 9.79. The summed E-state index contributed by atoms with van der Waals surface area (Å²) in [6.45, 7) is 4.41. The number of fused-ring (bicyclic) bond motifs is 2. The number of piperidine rings is 2. The van der Waals surface area contributed by atoms with Crippen molar-refractivity contribution >= 4 is 40.1 Å². The molecule has 3 amide bonds. The first kappa shape index (κ1) is 40.7. The van der Waals surface area contributed by atoms with Crippen molar-refractivity contribution in [2.45, 2.75) is 107 Å². The number of nitrogens with one attached hydrogen (secondary N) is 2. The Kier molecular flexibility index (Phi) is 10.4. The Labute approximate surface area is 348 Å². The average Bonchev–Trinajstić information content (AvgIpc) is 3.70. The van der Waals surface area contributed by atoms with Crippen LogP contribution < -0.4 is 26.6 Å². The molecule has 1 aromatic carbocycles. The summed E-state index contributed by atoms with van der Waals surface area (Å²) in [6, 6.07) is 8.35. The number of aryl methyl sites for hydroxylation is 1. The number of alkyl halides is 3. The maximum Gasteiger partial charge on any atom is 0.329 e. The van der Waals surface area contributed by atoms with Crippen molar-refractivity contribution in [2.75, 3.05) is 25.0 Å². The number of amides is 3. The second-order valence-electron chi connectivity index (χ2n) is 17.5. The fourth-order valence-electron chi connectivity index (χ4n) is 9.66. The molecular formula is C44H49F3N8O6. The first-order valence-corrected chi connectivity index (χ1v) is 21.2. The first-order chi connectivity index (χ1) is 29.1. The van der Waals surface area contributed by atoms with E-state index < -0.39 is 53.2 Å². The standard InChI is InChI=1S/C44H49F3N8O6/c1-24(2)61-37-19-38-48-32(22-53(38)21-28(37)40(57)49-31-5-4-15-54(42(31)59)35-18-30(35)45)26-8-6-25(7-9-26)20-52-16-14-29(44(46,47)23-52)27-10-11-33-36(17-27)51(3)43(60)55(33)34-12-13-39(56)50-41(34)58/h4-5,10-11,15,17,19,21-22,24-26,29-30,34-35H,6-9,12-14,16,18,20,23H2,1-3H3,(H,49,57)(H,50,56,58)/t25?,26?,29?,30-,34?,35+/m1/s1. The molecule has 2 saturated carbocycles. The van der Waals surface area contributed by atoms with Crippen molar-refractivity contribution in [3.8, 4) is 5.75 Å². The highest BCUT2D eigenvalue weighted by atomic mass is 19.3. The van der Waals surface area contributed by atoms with Gasteiger partial charge in [-0.3, -0.25) is 38.5 Å². The van der Waals surface area contributed by atoms with Crippen molar-refractivity contribution in [1.82, 2.24) is 33.3 Å². The molecule has 2 saturated heterocycles. The van der Waals surface area contributed by atoms with Gasteiger partial charge in [0.05, 0.1) is 46.9 Å². The van der Waals surface area contributed by atoms with E-state index in [1.54, 1.807) is 48.0 Å². The molecule has 5 aromatic rings. The Morgan fingerprint density at radius 3 is 2.49 bits per heavy atom. The van der Waals surface area contributed by atoms with Gasteiger partial charge < -0.3 is 19.0 Å². The Morgan fingerprint density at radius 1 is 1.02 bits per heavy atom. The zero-order valence-electron chi connectivity index (χ0n) is 34.3. The molecule has 14 nitrogen and oxygen atoms in total. The van der Waals surface area contributed by atoms with Crippen LogP contribution in [0.3, 0.4) is 0 Å². The maximum atomic E-state index is 16.0. The number of imide groups is 1. The molecular weight excluding hydrogens is 794 g/mol. The minimum absolute atomic E-state index is 0.0470. The van der Waals surface area contributed by atoms with Gasteiger partial charge in [-0.2, -0.15) is 0 Å². The highest BCUT2D eigenvalue weighted by Crippen LogP contribution is 2.43. The van der Waals surface area contributed by atoms with Crippen LogP contribution in [0.1, 0.15) is 111 Å². The zero-order chi connectivity index (χ0) is 42.9. The topological polar surface area (TPSA) is 154 Å². The van der Waals surface area contributed by atoms with Crippen molar-refractivity contribution < 1.29 is 32.3 Å². The summed E-state index contributed by atoms with van der Waals surface area (Å²) in [5, 5.41) is 4.99. The highest BCUT2D eigenvalue weighted by molar-refractivity contribution is 6.06. The molecule has 9 rings (SSSR count). The van der Waals surface area contributed by atoms with Gasteiger partial charge in [0.25, 0.3) is 17.4 Å². The molecule has 322 valence electrons. The van der Waals surface area contributed by atoms with E-state index in [1.807, 2.05) is 24.9 Å². The van der Waals surface area contributed by atoms with Crippen LogP contribution in [0.25, 0.3) is 16.7 Å². The van der Waals surface area contributed by atoms with Crippen molar-refractivity contribution in [2.24, 2.45) is 13.0 Å². The Hall–Kier alpha value is -5.71. The average molecular weight is 843 g/mol. The third kappa shape index (κ3) is 7.76. The van der Waals surface area contributed by atoms with Gasteiger partial charge in [0, 0.05) is 57.0 Å². The third-order valence-electron chi connectivity index (χ3n) is 12.9. The number of halogens is 3. The Morgan fingerprint density at radius 2 is 1.79 bits per heavy atom. The number of ether oxygens (including phenoxy) is 1. The van der Waals surface area contributed by atoms with Gasteiger partial charge in [-0.1, -0.05) is 6.07 Å². The van der Waals surface area contributed by atoms with Crippen LogP contribution >= 0.6 is 0 Å². The van der Waals surface area contributed by atoms with E-state index in [9.17, 15) is 28.4 Å². The van der Waals surface area contributed by atoms with Gasteiger partial charge in [-0.15, -0.1) is 0 Å². The van der Waals surface area contributed by atoms with Gasteiger partial charge in [0.15, 0.2) is 0 Å². The predicted molar refractivity (Wildman–Crippen MR) is 220 cm³/mol. The molecule has 2 aliphatic heterocycles. The molecule has 0 bridgehead atoms. The van der Waals surface area contributed by atoms with Crippen LogP contribution in [0.5, 0.6) is 5.75 Å². The third-order valence-corrected chi connectivity index (χ3v) is 12.9. The largest absolute Gasteiger partial charge is 0.490 e. The number of anilines is 1. The van der Waals surface area contributed by atoms with E-state index in [0.717, 1.165) is 31.4 Å². The normalized spacial score (nSPS) is 25.6. The molecule has 61 heavy (non-hydrogen) atoms. The number of benzene rings is 1. The lowest BCUT2D eigenvalue weighted by Crippen LogP contribution is -2.49.